The minimum Gasteiger partial charge on any atom is -0.480 e. The van der Waals surface area contributed by atoms with Gasteiger partial charge < -0.3 is 124 Å². The first-order valence-electron chi connectivity index (χ1n) is 24.0. The SMILES string of the molecule is O=C(O)CN(CCN(CC(=O)O)CC(=O)N(CCOC1C[C@@H](O)[C@H](O)[C@@H](O)O1)CCOC1C[C@@H](O)[C@H](O)[C@@H](O)O1)CCN(CC(=O)O)CC(=O)N(CCOC1C[C@@H](O)[C@H](O)[C@@H](O)O1)CCOC1C[C@@H](O)[C@H](O)[C@@H](O)O1. The number of carboxylic acids is 3. The summed E-state index contributed by atoms with van der Waals surface area (Å²) in [5, 5.41) is 148. The molecule has 4 aliphatic rings. The van der Waals surface area contributed by atoms with Gasteiger partial charge in [-0.2, -0.15) is 0 Å². The maximum Gasteiger partial charge on any atom is 0.317 e. The van der Waals surface area contributed by atoms with Crippen LogP contribution in [-0.4, -0.2) is 341 Å². The van der Waals surface area contributed by atoms with E-state index in [1.807, 2.05) is 0 Å². The second-order valence-corrected chi connectivity index (χ2v) is 18.1. The van der Waals surface area contributed by atoms with Crippen molar-refractivity contribution >= 4 is 29.7 Å². The van der Waals surface area contributed by atoms with Gasteiger partial charge in [0.05, 0.1) is 83.6 Å². The van der Waals surface area contributed by atoms with Crippen molar-refractivity contribution in [1.82, 2.24) is 24.5 Å². The average Bonchev–Trinajstić information content (AvgIpc) is 3.32. The molecule has 0 radical (unpaired) electrons. The van der Waals surface area contributed by atoms with E-state index in [0.29, 0.717) is 0 Å². The molecule has 0 aromatic rings. The Morgan fingerprint density at radius 3 is 0.800 bits per heavy atom. The predicted octanol–water partition coefficient (Wildman–Crippen LogP) is -9.98. The van der Waals surface area contributed by atoms with E-state index in [-0.39, 0.29) is 104 Å². The highest BCUT2D eigenvalue weighted by atomic mass is 16.8. The van der Waals surface area contributed by atoms with Gasteiger partial charge in [-0.25, -0.2) is 0 Å². The van der Waals surface area contributed by atoms with Gasteiger partial charge in [-0.15, -0.1) is 0 Å². The third-order valence-electron chi connectivity index (χ3n) is 12.3. The first-order valence-corrected chi connectivity index (χ1v) is 24.0. The molecule has 4 aliphatic heterocycles. The topological polar surface area (TPSA) is 479 Å². The van der Waals surface area contributed by atoms with E-state index >= 15 is 0 Å². The third-order valence-corrected chi connectivity index (χ3v) is 12.3. The summed E-state index contributed by atoms with van der Waals surface area (Å²) in [4.78, 5) is 69.8. The molecule has 4 rings (SSSR count). The smallest absolute Gasteiger partial charge is 0.317 e. The number of amides is 2. The average molecular weight is 1100 g/mol. The first-order chi connectivity index (χ1) is 35.4. The number of aliphatic hydroxyl groups excluding tert-OH is 12. The van der Waals surface area contributed by atoms with Crippen LogP contribution in [0, 0.1) is 0 Å². The van der Waals surface area contributed by atoms with Gasteiger partial charge >= 0.3 is 17.9 Å². The van der Waals surface area contributed by atoms with Crippen LogP contribution < -0.4 is 0 Å². The molecule has 4 fully saturated rings. The molecule has 75 heavy (non-hydrogen) atoms. The number of hydrogen-bond donors (Lipinski definition) is 15. The van der Waals surface area contributed by atoms with Gasteiger partial charge in [0.15, 0.2) is 50.3 Å². The van der Waals surface area contributed by atoms with Crippen LogP contribution in [0.3, 0.4) is 0 Å². The van der Waals surface area contributed by atoms with Crippen molar-refractivity contribution in [3.05, 3.63) is 0 Å². The second-order valence-electron chi connectivity index (χ2n) is 18.1. The maximum atomic E-state index is 13.9. The summed E-state index contributed by atoms with van der Waals surface area (Å²) in [5.74, 6) is -5.50. The maximum absolute atomic E-state index is 13.9. The number of rotatable bonds is 32. The zero-order valence-corrected chi connectivity index (χ0v) is 40.8. The summed E-state index contributed by atoms with van der Waals surface area (Å²) in [6.45, 7) is -6.29. The highest BCUT2D eigenvalue weighted by Gasteiger charge is 2.40. The van der Waals surface area contributed by atoms with Gasteiger partial charge in [-0.05, 0) is 0 Å². The van der Waals surface area contributed by atoms with Crippen molar-refractivity contribution in [2.45, 2.75) is 125 Å². The molecule has 33 nitrogen and oxygen atoms in total. The number of aliphatic hydroxyl groups is 12. The Labute approximate surface area is 428 Å². The summed E-state index contributed by atoms with van der Waals surface area (Å²) in [7, 11) is 0. The molecule has 16 atom stereocenters. The van der Waals surface area contributed by atoms with Gasteiger partial charge in [-0.3, -0.25) is 38.7 Å². The fourth-order valence-corrected chi connectivity index (χ4v) is 8.02. The fourth-order valence-electron chi connectivity index (χ4n) is 8.02. The Kier molecular flexibility index (Phi) is 27.1. The van der Waals surface area contributed by atoms with Crippen molar-refractivity contribution in [3.63, 3.8) is 0 Å². The number of carboxylic acid groups (broad SMARTS) is 3. The van der Waals surface area contributed by atoms with Gasteiger partial charge in [0.1, 0.15) is 24.4 Å². The Morgan fingerprint density at radius 2 is 0.573 bits per heavy atom. The first kappa shape index (κ1) is 64.0. The molecule has 0 spiro atoms. The molecular weight excluding hydrogens is 1020 g/mol. The fraction of sp³-hybridized carbons (Fsp3) is 0.881. The molecule has 4 heterocycles. The molecule has 0 aromatic heterocycles. The van der Waals surface area contributed by atoms with E-state index < -0.39 is 162 Å². The lowest BCUT2D eigenvalue weighted by atomic mass is 10.1. The molecule has 0 saturated carbocycles. The monoisotopic (exact) mass is 1100 g/mol. The van der Waals surface area contributed by atoms with Crippen LogP contribution in [0.5, 0.6) is 0 Å². The van der Waals surface area contributed by atoms with E-state index in [0.717, 1.165) is 0 Å². The van der Waals surface area contributed by atoms with Crippen molar-refractivity contribution in [2.75, 3.05) is 112 Å². The summed E-state index contributed by atoms with van der Waals surface area (Å²) < 4.78 is 42.9. The van der Waals surface area contributed by atoms with Gasteiger partial charge in [0.25, 0.3) is 0 Å². The van der Waals surface area contributed by atoms with Crippen LogP contribution in [-0.2, 0) is 61.9 Å². The van der Waals surface area contributed by atoms with Crippen molar-refractivity contribution in [2.24, 2.45) is 0 Å². The Morgan fingerprint density at radius 1 is 0.347 bits per heavy atom. The third kappa shape index (κ3) is 22.0. The minimum absolute atomic E-state index is 0.215. The molecular formula is C42H73N5O28. The Hall–Kier alpha value is -3.57. The van der Waals surface area contributed by atoms with E-state index in [9.17, 15) is 101 Å². The van der Waals surface area contributed by atoms with Gasteiger partial charge in [0.2, 0.25) is 11.8 Å². The normalized spacial score (nSPS) is 32.4. The van der Waals surface area contributed by atoms with Crippen LogP contribution in [0.25, 0.3) is 0 Å². The van der Waals surface area contributed by atoms with Gasteiger partial charge in [0, 0.05) is 78.0 Å². The van der Waals surface area contributed by atoms with Crippen LogP contribution >= 0.6 is 0 Å². The lowest BCUT2D eigenvalue weighted by Crippen LogP contribution is -2.51. The minimum atomic E-state index is -1.78. The number of hydrogen-bond acceptors (Lipinski definition) is 28. The largest absolute Gasteiger partial charge is 0.480 e. The van der Waals surface area contributed by atoms with Crippen LogP contribution in [0.2, 0.25) is 0 Å². The summed E-state index contributed by atoms with van der Waals surface area (Å²) in [5.41, 5.74) is 0. The van der Waals surface area contributed by atoms with Crippen molar-refractivity contribution in [1.29, 1.82) is 0 Å². The molecule has 4 saturated heterocycles. The highest BCUT2D eigenvalue weighted by Crippen LogP contribution is 2.23. The zero-order valence-electron chi connectivity index (χ0n) is 40.8. The molecule has 2 amide bonds. The number of carbonyl (C=O) groups is 5. The number of ether oxygens (including phenoxy) is 8. The number of nitrogens with zero attached hydrogens (tertiary/aromatic N) is 5. The summed E-state index contributed by atoms with van der Waals surface area (Å²) in [6.07, 6.45) is -24.9. The zero-order chi connectivity index (χ0) is 55.5. The molecule has 33 heteroatoms. The van der Waals surface area contributed by atoms with E-state index in [1.54, 1.807) is 0 Å². The molecule has 0 bridgehead atoms. The van der Waals surface area contributed by atoms with Gasteiger partial charge in [-0.1, -0.05) is 0 Å². The van der Waals surface area contributed by atoms with Crippen LogP contribution in [0.1, 0.15) is 25.7 Å². The quantitative estimate of drug-likeness (QED) is 0.0297. The standard InChI is InChI=1S/C42H73N5O28/c48-22-13-31(72-39(64)35(22)60)68-9-5-46(6-10-69-32-14-23(49)36(61)40(65)73-32)26(52)17-44(20-29(56)57)3-1-43(19-28(54)55)2-4-45(21-30(58)59)18-27(53)47(7-11-70-33-15-24(50)37(62)41(66)74-33)8-12-71-34-16-25(51)38(63)42(67)75-34/h22-25,31-42,48-51,60-67H,1-21H2,(H,54,55)(H,56,57)(H,58,59)/t22-,23-,24-,25-,31?,32?,33?,34?,35+,36+,37+,38+,39+,40+,41+,42+/m1/s1. The molecule has 0 aliphatic carbocycles. The van der Waals surface area contributed by atoms with Crippen molar-refractivity contribution in [3.8, 4) is 0 Å². The van der Waals surface area contributed by atoms with E-state index in [2.05, 4.69) is 0 Å². The van der Waals surface area contributed by atoms with E-state index in [4.69, 9.17) is 37.9 Å². The van der Waals surface area contributed by atoms with Crippen molar-refractivity contribution < 1.29 is 138 Å². The van der Waals surface area contributed by atoms with Crippen LogP contribution in [0.15, 0.2) is 0 Å². The second kappa shape index (κ2) is 31.7. The van der Waals surface area contributed by atoms with Crippen LogP contribution in [0.4, 0.5) is 0 Å². The van der Waals surface area contributed by atoms with E-state index in [1.165, 1.54) is 24.5 Å². The lowest BCUT2D eigenvalue weighted by molar-refractivity contribution is -0.307. The number of aliphatic carboxylic acids is 3. The Bertz CT molecular complexity index is 1530. The molecule has 0 aromatic carbocycles. The number of carbonyl (C=O) groups excluding carboxylic acids is 2. The summed E-state index contributed by atoms with van der Waals surface area (Å²) >= 11 is 0. The molecule has 4 unspecified atom stereocenters. The molecule has 434 valence electrons. The highest BCUT2D eigenvalue weighted by molar-refractivity contribution is 5.80. The predicted molar refractivity (Wildman–Crippen MR) is 239 cm³/mol. The Balaban J connectivity index is 1.41. The molecule has 15 N–H and O–H groups in total. The summed E-state index contributed by atoms with van der Waals surface area (Å²) in [6, 6.07) is 0. The lowest BCUT2D eigenvalue weighted by Gasteiger charge is -2.35.